The van der Waals surface area contributed by atoms with Gasteiger partial charge in [-0.05, 0) is 87.4 Å². The number of nitrogens with one attached hydrogen (secondary N) is 2. The van der Waals surface area contributed by atoms with Crippen molar-refractivity contribution in [2.75, 3.05) is 10.6 Å². The van der Waals surface area contributed by atoms with Crippen LogP contribution in [0, 0.1) is 5.82 Å². The number of halogens is 1. The molecule has 0 saturated carbocycles. The number of thiocarbonyl (C=S) groups is 1. The van der Waals surface area contributed by atoms with Gasteiger partial charge in [-0.2, -0.15) is 4.31 Å². The van der Waals surface area contributed by atoms with Crippen molar-refractivity contribution in [3.05, 3.63) is 54.3 Å². The number of hydrogen-bond donors (Lipinski definition) is 2. The lowest BCUT2D eigenvalue weighted by Crippen LogP contribution is -2.47. The maximum atomic E-state index is 13.0. The Morgan fingerprint density at radius 3 is 1.93 bits per heavy atom. The molecule has 2 atom stereocenters. The highest BCUT2D eigenvalue weighted by Gasteiger charge is 2.35. The number of benzene rings is 2. The molecule has 1 saturated heterocycles. The predicted octanol–water partition coefficient (Wildman–Crippen LogP) is 4.59. The third-order valence-electron chi connectivity index (χ3n) is 4.90. The minimum atomic E-state index is -3.54. The Bertz CT molecular complexity index is 921. The quantitative estimate of drug-likeness (QED) is 0.708. The van der Waals surface area contributed by atoms with Gasteiger partial charge in [-0.15, -0.1) is 0 Å². The van der Waals surface area contributed by atoms with E-state index < -0.39 is 10.0 Å². The van der Waals surface area contributed by atoms with E-state index in [1.54, 1.807) is 40.7 Å². The molecule has 1 heterocycles. The van der Waals surface area contributed by atoms with Crippen LogP contribution >= 0.6 is 12.2 Å². The van der Waals surface area contributed by atoms with Gasteiger partial charge in [0, 0.05) is 23.5 Å². The highest BCUT2D eigenvalue weighted by Crippen LogP contribution is 2.30. The first-order valence-electron chi connectivity index (χ1n) is 9.24. The Morgan fingerprint density at radius 1 is 0.964 bits per heavy atom. The number of anilines is 2. The van der Waals surface area contributed by atoms with Gasteiger partial charge >= 0.3 is 0 Å². The summed E-state index contributed by atoms with van der Waals surface area (Å²) in [6.45, 7) is 3.92. The van der Waals surface area contributed by atoms with Crippen LogP contribution in [0.25, 0.3) is 0 Å². The summed E-state index contributed by atoms with van der Waals surface area (Å²) < 4.78 is 40.7. The highest BCUT2D eigenvalue weighted by molar-refractivity contribution is 7.89. The minimum Gasteiger partial charge on any atom is -0.332 e. The lowest BCUT2D eigenvalue weighted by molar-refractivity contribution is 0.204. The van der Waals surface area contributed by atoms with Crippen molar-refractivity contribution in [1.29, 1.82) is 0 Å². The molecule has 1 aliphatic rings. The van der Waals surface area contributed by atoms with Crippen LogP contribution in [-0.4, -0.2) is 29.9 Å². The number of hydrogen-bond acceptors (Lipinski definition) is 3. The zero-order valence-corrected chi connectivity index (χ0v) is 17.5. The second-order valence-electron chi connectivity index (χ2n) is 7.07. The summed E-state index contributed by atoms with van der Waals surface area (Å²) in [6, 6.07) is 12.4. The summed E-state index contributed by atoms with van der Waals surface area (Å²) in [7, 11) is -3.54. The fourth-order valence-electron chi connectivity index (χ4n) is 3.53. The number of rotatable bonds is 4. The first-order chi connectivity index (χ1) is 13.3. The van der Waals surface area contributed by atoms with Gasteiger partial charge in [-0.1, -0.05) is 6.42 Å². The van der Waals surface area contributed by atoms with Crippen molar-refractivity contribution >= 4 is 38.7 Å². The summed E-state index contributed by atoms with van der Waals surface area (Å²) in [5.74, 6) is -0.321. The second kappa shape index (κ2) is 8.55. The maximum Gasteiger partial charge on any atom is 0.243 e. The zero-order valence-electron chi connectivity index (χ0n) is 15.9. The Morgan fingerprint density at radius 2 is 1.43 bits per heavy atom. The van der Waals surface area contributed by atoms with E-state index in [0.717, 1.165) is 19.3 Å². The average molecular weight is 422 g/mol. The molecule has 3 rings (SSSR count). The zero-order chi connectivity index (χ0) is 20.3. The molecule has 5 nitrogen and oxygen atoms in total. The molecular formula is C20H24FN3O2S2. The molecule has 0 aromatic heterocycles. The molecule has 1 aliphatic heterocycles. The van der Waals surface area contributed by atoms with Crippen LogP contribution in [0.15, 0.2) is 53.4 Å². The molecule has 0 radical (unpaired) electrons. The molecular weight excluding hydrogens is 397 g/mol. The maximum absolute atomic E-state index is 13.0. The molecule has 2 aromatic carbocycles. The van der Waals surface area contributed by atoms with Crippen LogP contribution in [0.3, 0.4) is 0 Å². The van der Waals surface area contributed by atoms with E-state index in [1.165, 1.54) is 12.1 Å². The second-order valence-corrected chi connectivity index (χ2v) is 9.33. The molecule has 0 spiro atoms. The van der Waals surface area contributed by atoms with Gasteiger partial charge in [-0.25, -0.2) is 12.8 Å². The largest absolute Gasteiger partial charge is 0.332 e. The molecule has 0 aliphatic carbocycles. The fourth-order valence-corrected chi connectivity index (χ4v) is 5.65. The van der Waals surface area contributed by atoms with Gasteiger partial charge in [0.2, 0.25) is 10.0 Å². The van der Waals surface area contributed by atoms with Gasteiger partial charge < -0.3 is 10.6 Å². The predicted molar refractivity (Wildman–Crippen MR) is 114 cm³/mol. The fraction of sp³-hybridized carbons (Fsp3) is 0.350. The van der Waals surface area contributed by atoms with Crippen molar-refractivity contribution < 1.29 is 12.8 Å². The minimum absolute atomic E-state index is 0.000890. The summed E-state index contributed by atoms with van der Waals surface area (Å²) in [6.07, 6.45) is 2.81. The number of sulfonamides is 1. The van der Waals surface area contributed by atoms with E-state index in [-0.39, 0.29) is 22.8 Å². The summed E-state index contributed by atoms with van der Waals surface area (Å²) in [5.41, 5.74) is 1.32. The molecule has 150 valence electrons. The van der Waals surface area contributed by atoms with Crippen molar-refractivity contribution in [2.45, 2.75) is 50.1 Å². The third-order valence-corrected chi connectivity index (χ3v) is 7.25. The van der Waals surface area contributed by atoms with E-state index in [0.29, 0.717) is 16.5 Å². The number of piperidine rings is 1. The van der Waals surface area contributed by atoms with Crippen molar-refractivity contribution in [3.63, 3.8) is 0 Å². The van der Waals surface area contributed by atoms with Gasteiger partial charge in [-0.3, -0.25) is 0 Å². The van der Waals surface area contributed by atoms with Crippen molar-refractivity contribution in [3.8, 4) is 0 Å². The van der Waals surface area contributed by atoms with Crippen LogP contribution in [0.2, 0.25) is 0 Å². The van der Waals surface area contributed by atoms with Crippen LogP contribution in [0.4, 0.5) is 15.8 Å². The molecule has 2 aromatic rings. The molecule has 28 heavy (non-hydrogen) atoms. The first-order valence-corrected chi connectivity index (χ1v) is 11.1. The Labute approximate surface area is 171 Å². The van der Waals surface area contributed by atoms with E-state index in [4.69, 9.17) is 12.2 Å². The summed E-state index contributed by atoms with van der Waals surface area (Å²) in [4.78, 5) is 0.274. The number of nitrogens with zero attached hydrogens (tertiary/aromatic N) is 1. The average Bonchev–Trinajstić information content (AvgIpc) is 2.64. The standard InChI is InChI=1S/C20H24FN3O2S2/c1-14-4-3-5-15(2)24(14)28(25,26)19-12-10-18(11-13-19)23-20(27)22-17-8-6-16(21)7-9-17/h6-15H,3-5H2,1-2H3,(H2,22,23,27)/t14-,15-/m1/s1. The van der Waals surface area contributed by atoms with E-state index in [1.807, 2.05) is 13.8 Å². The van der Waals surface area contributed by atoms with E-state index in [9.17, 15) is 12.8 Å². The monoisotopic (exact) mass is 421 g/mol. The smallest absolute Gasteiger partial charge is 0.243 e. The van der Waals surface area contributed by atoms with Gasteiger partial charge in [0.25, 0.3) is 0 Å². The Kier molecular flexibility index (Phi) is 6.32. The van der Waals surface area contributed by atoms with Gasteiger partial charge in [0.1, 0.15) is 5.82 Å². The molecule has 8 heteroatoms. The molecule has 0 amide bonds. The topological polar surface area (TPSA) is 61.4 Å². The van der Waals surface area contributed by atoms with E-state index >= 15 is 0 Å². The summed E-state index contributed by atoms with van der Waals surface area (Å²) >= 11 is 5.25. The van der Waals surface area contributed by atoms with E-state index in [2.05, 4.69) is 10.6 Å². The Hall–Kier alpha value is -2.03. The van der Waals surface area contributed by atoms with Crippen LogP contribution in [0.1, 0.15) is 33.1 Å². The van der Waals surface area contributed by atoms with Crippen molar-refractivity contribution in [2.24, 2.45) is 0 Å². The SMILES string of the molecule is C[C@@H]1CCC[C@@H](C)N1S(=O)(=O)c1ccc(NC(=S)Nc2ccc(F)cc2)cc1. The molecule has 1 fully saturated rings. The molecule has 0 bridgehead atoms. The normalized spacial score (nSPS) is 20.5. The highest BCUT2D eigenvalue weighted by atomic mass is 32.2. The summed E-state index contributed by atoms with van der Waals surface area (Å²) in [5, 5.41) is 6.29. The van der Waals surface area contributed by atoms with Crippen LogP contribution < -0.4 is 10.6 Å². The lowest BCUT2D eigenvalue weighted by Gasteiger charge is -2.37. The molecule has 0 unspecified atom stereocenters. The van der Waals surface area contributed by atoms with Crippen LogP contribution in [-0.2, 0) is 10.0 Å². The van der Waals surface area contributed by atoms with Gasteiger partial charge in [0.05, 0.1) is 4.90 Å². The first kappa shape index (κ1) is 20.7. The van der Waals surface area contributed by atoms with Gasteiger partial charge in [0.15, 0.2) is 5.11 Å². The van der Waals surface area contributed by atoms with Crippen molar-refractivity contribution in [1.82, 2.24) is 4.31 Å². The Balaban J connectivity index is 1.68. The lowest BCUT2D eigenvalue weighted by atomic mass is 10.0. The molecule has 2 N–H and O–H groups in total. The van der Waals surface area contributed by atoms with Crippen LogP contribution in [0.5, 0.6) is 0 Å². The third kappa shape index (κ3) is 4.68.